The van der Waals surface area contributed by atoms with Crippen molar-refractivity contribution in [3.63, 3.8) is 0 Å². The zero-order chi connectivity index (χ0) is 28.2. The van der Waals surface area contributed by atoms with E-state index in [0.717, 1.165) is 11.2 Å². The third kappa shape index (κ3) is 8.61. The molecule has 1 aliphatic heterocycles. The molecule has 1 aromatic rings. The lowest BCUT2D eigenvalue weighted by atomic mass is 9.93. The summed E-state index contributed by atoms with van der Waals surface area (Å²) in [5, 5.41) is -0.425. The molecule has 0 bridgehead atoms. The van der Waals surface area contributed by atoms with Crippen molar-refractivity contribution in [2.75, 3.05) is 19.5 Å². The van der Waals surface area contributed by atoms with Crippen LogP contribution in [0.15, 0.2) is 58.3 Å². The average Bonchev–Trinajstić information content (AvgIpc) is 2.76. The number of halogens is 1. The van der Waals surface area contributed by atoms with Gasteiger partial charge in [-0.05, 0) is 43.6 Å². The van der Waals surface area contributed by atoms with E-state index < -0.39 is 35.7 Å². The second-order valence-corrected chi connectivity index (χ2v) is 18.4. The molecule has 8 nitrogen and oxygen atoms in total. The second kappa shape index (κ2) is 12.4. The average molecular weight is 590 g/mol. The number of esters is 1. The van der Waals surface area contributed by atoms with Gasteiger partial charge in [0, 0.05) is 16.5 Å². The SMILES string of the molecule is C=C(Cl)COC(=O)/C(=C(/C)OS(C)(=O)=O)N1C(=O)[C@H](CCO[Si](C)(C)C(C)(C)C)[C@H]1Sc1ccccc1. The fourth-order valence-corrected chi connectivity index (χ4v) is 6.32. The van der Waals surface area contributed by atoms with Crippen LogP contribution in [0.4, 0.5) is 0 Å². The van der Waals surface area contributed by atoms with Gasteiger partial charge in [0.05, 0.1) is 17.5 Å². The van der Waals surface area contributed by atoms with Gasteiger partial charge >= 0.3 is 16.1 Å². The number of benzene rings is 1. The molecule has 37 heavy (non-hydrogen) atoms. The third-order valence-electron chi connectivity index (χ3n) is 6.26. The van der Waals surface area contributed by atoms with Gasteiger partial charge in [-0.2, -0.15) is 8.42 Å². The van der Waals surface area contributed by atoms with Crippen LogP contribution in [0.1, 0.15) is 34.1 Å². The molecule has 2 rings (SSSR count). The number of thioether (sulfide) groups is 1. The molecule has 0 spiro atoms. The summed E-state index contributed by atoms with van der Waals surface area (Å²) >= 11 is 7.13. The normalized spacial score (nSPS) is 19.1. The lowest BCUT2D eigenvalue weighted by Crippen LogP contribution is -2.60. The molecule has 1 heterocycles. The highest BCUT2D eigenvalue weighted by Gasteiger charge is 2.52. The number of amides is 1. The Bertz CT molecular complexity index is 1150. The first-order valence-corrected chi connectivity index (χ1v) is 17.7. The summed E-state index contributed by atoms with van der Waals surface area (Å²) in [7, 11) is -6.00. The van der Waals surface area contributed by atoms with Crippen molar-refractivity contribution in [3.8, 4) is 0 Å². The molecule has 12 heteroatoms. The molecule has 1 aromatic carbocycles. The first kappa shape index (κ1) is 31.4. The molecule has 206 valence electrons. The maximum absolute atomic E-state index is 13.4. The van der Waals surface area contributed by atoms with Crippen LogP contribution < -0.4 is 0 Å². The Morgan fingerprint density at radius 3 is 2.32 bits per heavy atom. The Labute approximate surface area is 230 Å². The van der Waals surface area contributed by atoms with Gasteiger partial charge in [0.2, 0.25) is 5.91 Å². The first-order chi connectivity index (χ1) is 16.9. The van der Waals surface area contributed by atoms with E-state index >= 15 is 0 Å². The number of nitrogens with zero attached hydrogens (tertiary/aromatic N) is 1. The number of carbonyl (C=O) groups excluding carboxylic acids is 2. The van der Waals surface area contributed by atoms with Crippen molar-refractivity contribution >= 4 is 53.7 Å². The van der Waals surface area contributed by atoms with Crippen LogP contribution in [0.3, 0.4) is 0 Å². The number of β-lactam (4-membered cyclic amide) rings is 1. The molecule has 0 saturated carbocycles. The molecule has 0 aromatic heterocycles. The third-order valence-corrected chi connectivity index (χ3v) is 12.8. The van der Waals surface area contributed by atoms with Crippen molar-refractivity contribution < 1.29 is 31.4 Å². The standard InChI is InChI=1S/C25H36ClNO7S2Si/c1-17(26)16-32-24(29)21(18(2)34-36(6,30)31)27-22(28)20(14-15-33-37(7,8)25(3,4)5)23(27)35-19-12-10-9-11-13-19/h9-13,20,23H,1,14-16H2,2-8H3/b21-18+/t20-,23+/m0/s1. The summed E-state index contributed by atoms with van der Waals surface area (Å²) < 4.78 is 40.1. The highest BCUT2D eigenvalue weighted by Crippen LogP contribution is 2.45. The fourth-order valence-electron chi connectivity index (χ4n) is 3.35. The van der Waals surface area contributed by atoms with E-state index in [4.69, 9.17) is 24.9 Å². The van der Waals surface area contributed by atoms with Crippen molar-refractivity contribution in [2.45, 2.75) is 62.5 Å². The van der Waals surface area contributed by atoms with E-state index in [1.54, 1.807) is 0 Å². The summed E-state index contributed by atoms with van der Waals surface area (Å²) in [6, 6.07) is 9.42. The number of likely N-dealkylation sites (tertiary alicyclic amines) is 1. The van der Waals surface area contributed by atoms with E-state index in [0.29, 0.717) is 13.0 Å². The Kier molecular flexibility index (Phi) is 10.5. The van der Waals surface area contributed by atoms with Crippen LogP contribution in [0.2, 0.25) is 18.1 Å². The molecule has 1 amide bonds. The van der Waals surface area contributed by atoms with Crippen LogP contribution in [-0.2, 0) is 33.1 Å². The first-order valence-electron chi connectivity index (χ1n) is 11.7. The van der Waals surface area contributed by atoms with Gasteiger partial charge in [0.25, 0.3) is 0 Å². The van der Waals surface area contributed by atoms with E-state index in [-0.39, 0.29) is 34.0 Å². The molecular formula is C25H36ClNO7S2Si. The molecule has 0 radical (unpaired) electrons. The minimum atomic E-state index is -3.97. The monoisotopic (exact) mass is 589 g/mol. The zero-order valence-electron chi connectivity index (χ0n) is 22.4. The smallest absolute Gasteiger partial charge is 0.359 e. The molecule has 1 saturated heterocycles. The lowest BCUT2D eigenvalue weighted by molar-refractivity contribution is -0.154. The summed E-state index contributed by atoms with van der Waals surface area (Å²) in [5.74, 6) is -2.02. The van der Waals surface area contributed by atoms with Crippen LogP contribution in [0.25, 0.3) is 0 Å². The lowest BCUT2D eigenvalue weighted by Gasteiger charge is -2.47. The summed E-state index contributed by atoms with van der Waals surface area (Å²) in [5.41, 5.74) is -0.289. The fraction of sp³-hybridized carbons (Fsp3) is 0.520. The van der Waals surface area contributed by atoms with E-state index in [2.05, 4.69) is 40.4 Å². The number of allylic oxidation sites excluding steroid dienone is 1. The summed E-state index contributed by atoms with van der Waals surface area (Å²) in [6.07, 6.45) is 1.30. The van der Waals surface area contributed by atoms with Gasteiger partial charge in [0.15, 0.2) is 14.0 Å². The highest BCUT2D eigenvalue weighted by molar-refractivity contribution is 8.00. The molecular weight excluding hydrogens is 554 g/mol. The predicted molar refractivity (Wildman–Crippen MR) is 149 cm³/mol. The molecule has 0 unspecified atom stereocenters. The van der Waals surface area contributed by atoms with Gasteiger partial charge in [-0.1, -0.05) is 68.9 Å². The zero-order valence-corrected chi connectivity index (χ0v) is 25.8. The minimum Gasteiger partial charge on any atom is -0.455 e. The van der Waals surface area contributed by atoms with Gasteiger partial charge in [-0.3, -0.25) is 9.69 Å². The van der Waals surface area contributed by atoms with E-state index in [1.165, 1.54) is 23.6 Å². The van der Waals surface area contributed by atoms with E-state index in [9.17, 15) is 18.0 Å². The number of hydrogen-bond acceptors (Lipinski definition) is 8. The molecule has 1 aliphatic rings. The molecule has 0 aliphatic carbocycles. The Hall–Kier alpha value is -1.79. The second-order valence-electron chi connectivity index (χ2n) is 10.3. The van der Waals surface area contributed by atoms with Gasteiger partial charge in [-0.15, -0.1) is 0 Å². The van der Waals surface area contributed by atoms with E-state index in [1.807, 2.05) is 30.3 Å². The van der Waals surface area contributed by atoms with Gasteiger partial charge < -0.3 is 13.3 Å². The Morgan fingerprint density at radius 2 is 1.81 bits per heavy atom. The van der Waals surface area contributed by atoms with Gasteiger partial charge in [-0.25, -0.2) is 4.79 Å². The maximum Gasteiger partial charge on any atom is 0.359 e. The molecule has 0 N–H and O–H groups in total. The van der Waals surface area contributed by atoms with Crippen molar-refractivity contribution in [2.24, 2.45) is 5.92 Å². The number of carbonyl (C=O) groups is 2. The van der Waals surface area contributed by atoms with Crippen molar-refractivity contribution in [3.05, 3.63) is 53.4 Å². The van der Waals surface area contributed by atoms with Gasteiger partial charge in [0.1, 0.15) is 12.4 Å². The maximum atomic E-state index is 13.4. The van der Waals surface area contributed by atoms with Crippen molar-refractivity contribution in [1.29, 1.82) is 0 Å². The van der Waals surface area contributed by atoms with Crippen LogP contribution in [-0.4, -0.2) is 58.4 Å². The largest absolute Gasteiger partial charge is 0.455 e. The highest BCUT2D eigenvalue weighted by atomic mass is 35.5. The molecule has 1 fully saturated rings. The number of hydrogen-bond donors (Lipinski definition) is 0. The van der Waals surface area contributed by atoms with Crippen LogP contribution >= 0.6 is 23.4 Å². The summed E-state index contributed by atoms with van der Waals surface area (Å²) in [6.45, 7) is 15.6. The quantitative estimate of drug-likeness (QED) is 0.0789. The van der Waals surface area contributed by atoms with Crippen LogP contribution in [0, 0.1) is 5.92 Å². The predicted octanol–water partition coefficient (Wildman–Crippen LogP) is 5.48. The number of ether oxygens (including phenoxy) is 1. The minimum absolute atomic E-state index is 0.0209. The Balaban J connectivity index is 2.40. The Morgan fingerprint density at radius 1 is 1.22 bits per heavy atom. The summed E-state index contributed by atoms with van der Waals surface area (Å²) in [4.78, 5) is 28.6. The number of rotatable bonds is 12. The van der Waals surface area contributed by atoms with Crippen molar-refractivity contribution in [1.82, 2.24) is 4.90 Å². The topological polar surface area (TPSA) is 99.2 Å². The molecule has 2 atom stereocenters. The van der Waals surface area contributed by atoms with Crippen LogP contribution in [0.5, 0.6) is 0 Å².